The van der Waals surface area contributed by atoms with E-state index in [1.165, 1.54) is 38.1 Å². The molecule has 0 spiro atoms. The SMILES string of the molecule is CC(C)(N)C(=O)C[C@@H](CCCCNC(=O)[C@@H](N)CCCCCC(=O)CC[C@H](NC(=O)CC[C@H](CC(=O)CCCCCCCCCCOc1ccc(C(=O)O)cc1)C(=O)O)C(=O)O)C(=O)C[C@@H](CCCCNC(=O)[C@@H](N)CCCCNC(=O)CC[C@H](CC(=O)CC[C@H](NC(=O)CCCCCCCCCCOc1ccc(C(=O)O)cc1)C(=O)O)C(=O)O)C(=O)O.[HH].[HH].[HH]. The van der Waals surface area contributed by atoms with E-state index in [-0.39, 0.29) is 156 Å². The van der Waals surface area contributed by atoms with E-state index in [0.717, 1.165) is 89.9 Å². The van der Waals surface area contributed by atoms with Gasteiger partial charge in [0, 0.05) is 100 Å². The Balaban J connectivity index is 0. The zero-order chi connectivity index (χ0) is 91.5. The molecule has 18 N–H and O–H groups in total. The molecular formula is C89H144N8O26. The third-order valence-electron chi connectivity index (χ3n) is 21.5. The van der Waals surface area contributed by atoms with Crippen LogP contribution in [0.3, 0.4) is 0 Å². The molecule has 0 unspecified atom stereocenters. The number of unbranched alkanes of at least 4 members (excludes halogenated alkanes) is 19. The molecule has 0 aliphatic carbocycles. The van der Waals surface area contributed by atoms with Crippen LogP contribution in [-0.4, -0.2) is 199 Å². The van der Waals surface area contributed by atoms with Crippen LogP contribution in [0.1, 0.15) is 321 Å². The molecule has 0 aliphatic rings. The van der Waals surface area contributed by atoms with Gasteiger partial charge in [0.2, 0.25) is 29.5 Å². The topological polar surface area (TPSA) is 588 Å². The molecule has 0 fully saturated rings. The fourth-order valence-electron chi connectivity index (χ4n) is 13.7. The van der Waals surface area contributed by atoms with Crippen molar-refractivity contribution in [3.63, 3.8) is 0 Å². The average molecular weight is 1740 g/mol. The zero-order valence-corrected chi connectivity index (χ0v) is 72.0. The number of ketones is 5. The van der Waals surface area contributed by atoms with E-state index in [0.29, 0.717) is 102 Å². The highest BCUT2D eigenvalue weighted by atomic mass is 16.5. The summed E-state index contributed by atoms with van der Waals surface area (Å²) in [7, 11) is 0. The van der Waals surface area contributed by atoms with E-state index in [1.807, 2.05) is 0 Å². The maximum absolute atomic E-state index is 13.7. The number of amides is 5. The van der Waals surface area contributed by atoms with Crippen LogP contribution in [0.15, 0.2) is 48.5 Å². The largest absolute Gasteiger partial charge is 0.494 e. The molecule has 696 valence electrons. The summed E-state index contributed by atoms with van der Waals surface area (Å²) in [5.41, 5.74) is 17.5. The molecule has 123 heavy (non-hydrogen) atoms. The van der Waals surface area contributed by atoms with Crippen molar-refractivity contribution in [1.29, 1.82) is 0 Å². The predicted molar refractivity (Wildman–Crippen MR) is 462 cm³/mol. The molecule has 8 atom stereocenters. The van der Waals surface area contributed by atoms with Crippen molar-refractivity contribution < 1.29 is 131 Å². The number of Topliss-reactive ketones (excluding diaryl/α,β-unsaturated/α-hetero) is 5. The van der Waals surface area contributed by atoms with Gasteiger partial charge in [0.1, 0.15) is 46.7 Å². The Hall–Kier alpha value is -10.1. The van der Waals surface area contributed by atoms with Gasteiger partial charge < -0.3 is 89.0 Å². The minimum absolute atomic E-state index is 0. The number of aliphatic carboxylic acids is 5. The monoisotopic (exact) mass is 1740 g/mol. The number of nitrogens with one attached hydrogen (secondary N) is 5. The Morgan fingerprint density at radius 2 is 0.667 bits per heavy atom. The molecule has 34 heteroatoms. The summed E-state index contributed by atoms with van der Waals surface area (Å²) >= 11 is 0. The lowest BCUT2D eigenvalue weighted by molar-refractivity contribution is -0.145. The van der Waals surface area contributed by atoms with Crippen LogP contribution in [0, 0.1) is 23.7 Å². The lowest BCUT2D eigenvalue weighted by atomic mass is 9.83. The Bertz CT molecular complexity index is 3640. The van der Waals surface area contributed by atoms with Crippen molar-refractivity contribution in [1.82, 2.24) is 26.6 Å². The molecule has 0 bridgehead atoms. The Labute approximate surface area is 725 Å². The zero-order valence-electron chi connectivity index (χ0n) is 72.0. The second kappa shape index (κ2) is 63.8. The molecule has 0 aromatic heterocycles. The Morgan fingerprint density at radius 3 is 1.08 bits per heavy atom. The quantitative estimate of drug-likeness (QED) is 0.0274. The van der Waals surface area contributed by atoms with E-state index in [2.05, 4.69) is 26.6 Å². The molecule has 0 saturated heterocycles. The van der Waals surface area contributed by atoms with Crippen LogP contribution >= 0.6 is 0 Å². The molecule has 2 aromatic carbocycles. The summed E-state index contributed by atoms with van der Waals surface area (Å²) < 4.78 is 11.3. The standard InChI is InChI=1S/C89H138N8O26.3H2/c1-89(2,92)76(102)59-62(28-20-23-52-94-80(106)71(90)32-18-15-17-30-66(98)41-47-73(87(118)119)97-79(105)50-40-65(86(116)117)56-67(99)31-16-11-7-3-5-9-13-26-54-122-69-43-35-60(36-44-69)82(108)109)75(101)58-63(84(112)113)29-21-24-53-95-81(107)72(91)33-22-25-51-93-77(103)49-39-64(85(114)115)57-68(100)42-48-74(88(120)121)96-78(104)34-19-12-8-4-6-10-14-27-55-123-70-45-37-61(38-46-70)83(110)111;;;/h35-38,43-46,62-65,71-74H,3-34,39-42,47-59,90-92H2,1-2H3,(H,93,103)(H,94,106)(H,95,107)(H,96,104)(H,97,105)(H,108,109)(H,110,111)(H,112,113)(H,114,115)(H,116,117)(H,118,119)(H,120,121);3*1H/t62-,63-,64-,65-,71+,72+,73+,74+;;;/m1.../s1. The normalized spacial score (nSPS) is 13.2. The molecule has 0 aliphatic heterocycles. The van der Waals surface area contributed by atoms with Crippen molar-refractivity contribution >= 4 is 100 Å². The predicted octanol–water partition coefficient (Wildman–Crippen LogP) is 10.9. The van der Waals surface area contributed by atoms with Gasteiger partial charge in [-0.2, -0.15) is 0 Å². The van der Waals surface area contributed by atoms with Crippen molar-refractivity contribution in [2.45, 2.75) is 326 Å². The minimum atomic E-state index is -1.40. The number of aromatic carboxylic acids is 2. The second-order valence-electron chi connectivity index (χ2n) is 32.7. The lowest BCUT2D eigenvalue weighted by Gasteiger charge is -2.23. The summed E-state index contributed by atoms with van der Waals surface area (Å²) in [6, 6.07) is 7.94. The smallest absolute Gasteiger partial charge is 0.335 e. The van der Waals surface area contributed by atoms with E-state index < -0.39 is 148 Å². The van der Waals surface area contributed by atoms with Crippen LogP contribution in [0.2, 0.25) is 0 Å². The Morgan fingerprint density at radius 1 is 0.333 bits per heavy atom. The summed E-state index contributed by atoms with van der Waals surface area (Å²) in [5.74, 6) is -15.9. The number of nitrogens with two attached hydrogens (primary N) is 3. The fourth-order valence-corrected chi connectivity index (χ4v) is 13.7. The van der Waals surface area contributed by atoms with E-state index in [9.17, 15) is 107 Å². The van der Waals surface area contributed by atoms with Crippen LogP contribution in [-0.2, 0) is 71.9 Å². The van der Waals surface area contributed by atoms with Crippen LogP contribution in [0.4, 0.5) is 0 Å². The van der Waals surface area contributed by atoms with Gasteiger partial charge in [-0.25, -0.2) is 19.2 Å². The highest BCUT2D eigenvalue weighted by Gasteiger charge is 2.33. The molecule has 5 amide bonds. The number of benzene rings is 2. The molecule has 0 saturated carbocycles. The lowest BCUT2D eigenvalue weighted by Crippen LogP contribution is -2.43. The van der Waals surface area contributed by atoms with Gasteiger partial charge in [0.05, 0.1) is 59.7 Å². The summed E-state index contributed by atoms with van der Waals surface area (Å²) in [5, 5.41) is 80.2. The molecule has 2 aromatic rings. The van der Waals surface area contributed by atoms with Gasteiger partial charge in [-0.05, 0) is 172 Å². The number of hydrogen-bond acceptors (Lipinski definition) is 22. The number of carboxylic acids is 7. The third kappa shape index (κ3) is 52.9. The summed E-state index contributed by atoms with van der Waals surface area (Å²) in [6.45, 7) is 4.60. The number of rotatable bonds is 78. The molecule has 0 radical (unpaired) electrons. The fraction of sp³-hybridized carbons (Fsp3) is 0.674. The second-order valence-corrected chi connectivity index (χ2v) is 32.7. The molecule has 2 rings (SSSR count). The van der Waals surface area contributed by atoms with E-state index >= 15 is 0 Å². The minimum Gasteiger partial charge on any atom is -0.494 e. The molecular weight excluding hydrogens is 1600 g/mol. The first-order valence-electron chi connectivity index (χ1n) is 43.9. The van der Waals surface area contributed by atoms with Crippen molar-refractivity contribution in [2.24, 2.45) is 40.9 Å². The first-order valence-corrected chi connectivity index (χ1v) is 43.9. The maximum atomic E-state index is 13.7. The summed E-state index contributed by atoms with van der Waals surface area (Å²) in [6.07, 6.45) is 16.2. The van der Waals surface area contributed by atoms with Crippen LogP contribution in [0.25, 0.3) is 0 Å². The summed E-state index contributed by atoms with van der Waals surface area (Å²) in [4.78, 5) is 211. The van der Waals surface area contributed by atoms with Crippen molar-refractivity contribution in [2.75, 3.05) is 32.8 Å². The maximum Gasteiger partial charge on any atom is 0.335 e. The van der Waals surface area contributed by atoms with Gasteiger partial charge in [0.25, 0.3) is 0 Å². The van der Waals surface area contributed by atoms with Gasteiger partial charge in [-0.1, -0.05) is 103 Å². The number of hydrogen-bond donors (Lipinski definition) is 15. The third-order valence-corrected chi connectivity index (χ3v) is 21.5. The van der Waals surface area contributed by atoms with Gasteiger partial charge in [-0.3, -0.25) is 62.3 Å². The molecule has 34 nitrogen and oxygen atoms in total. The first kappa shape index (κ1) is 109. The van der Waals surface area contributed by atoms with E-state index in [4.69, 9.17) is 36.9 Å². The van der Waals surface area contributed by atoms with Gasteiger partial charge in [-0.15, -0.1) is 0 Å². The van der Waals surface area contributed by atoms with Gasteiger partial charge in [0.15, 0.2) is 5.78 Å². The number of carboxylic acid groups (broad SMARTS) is 7. The van der Waals surface area contributed by atoms with E-state index in [1.54, 1.807) is 24.3 Å². The average Bonchev–Trinajstić information content (AvgIpc) is 0.870. The first-order chi connectivity index (χ1) is 58.5. The number of carbonyl (C=O) groups excluding carboxylic acids is 10. The number of ether oxygens (including phenoxy) is 2. The van der Waals surface area contributed by atoms with Crippen molar-refractivity contribution in [3.8, 4) is 11.5 Å². The highest BCUT2D eigenvalue weighted by Crippen LogP contribution is 2.26. The van der Waals surface area contributed by atoms with Gasteiger partial charge >= 0.3 is 41.8 Å². The Kier molecular flexibility index (Phi) is 56.5. The van der Waals surface area contributed by atoms with Crippen LogP contribution < -0.4 is 53.3 Å². The molecule has 0 heterocycles. The van der Waals surface area contributed by atoms with Crippen molar-refractivity contribution in [3.05, 3.63) is 59.7 Å². The highest BCUT2D eigenvalue weighted by molar-refractivity contribution is 5.94. The number of carbonyl (C=O) groups is 17. The van der Waals surface area contributed by atoms with Crippen LogP contribution in [0.5, 0.6) is 11.5 Å².